The van der Waals surface area contributed by atoms with Gasteiger partial charge in [0.25, 0.3) is 0 Å². The fraction of sp³-hybridized carbons (Fsp3) is 0.895. The van der Waals surface area contributed by atoms with Crippen LogP contribution in [0.5, 0.6) is 0 Å². The Balaban J connectivity index is 1.40. The third kappa shape index (κ3) is 4.39. The first-order valence-corrected chi connectivity index (χ1v) is 10.6. The van der Waals surface area contributed by atoms with Gasteiger partial charge in [-0.05, 0) is 51.6 Å². The van der Waals surface area contributed by atoms with Gasteiger partial charge in [0, 0.05) is 25.0 Å². The van der Waals surface area contributed by atoms with E-state index in [1.165, 1.54) is 11.9 Å². The molecule has 1 aliphatic carbocycles. The van der Waals surface area contributed by atoms with Gasteiger partial charge in [-0.3, -0.25) is 15.0 Å². The number of imide groups is 1. The van der Waals surface area contributed by atoms with Crippen molar-refractivity contribution < 1.29 is 22.8 Å². The number of nitrogens with one attached hydrogen (secondary N) is 3. The van der Waals surface area contributed by atoms with Crippen LogP contribution >= 0.6 is 0 Å². The largest absolute Gasteiger partial charge is 0.401 e. The lowest BCUT2D eigenvalue weighted by molar-refractivity contribution is -0.144. The number of carbonyl (C=O) groups is 2. The van der Waals surface area contributed by atoms with Crippen LogP contribution in [-0.2, 0) is 4.79 Å². The van der Waals surface area contributed by atoms with E-state index in [4.69, 9.17) is 0 Å². The van der Waals surface area contributed by atoms with E-state index in [0.29, 0.717) is 13.1 Å². The van der Waals surface area contributed by atoms with Crippen molar-refractivity contribution in [3.8, 4) is 0 Å². The maximum atomic E-state index is 12.8. The maximum absolute atomic E-state index is 12.8. The molecule has 10 heteroatoms. The van der Waals surface area contributed by atoms with Crippen molar-refractivity contribution in [1.29, 1.82) is 0 Å². The van der Waals surface area contributed by atoms with E-state index in [0.717, 1.165) is 38.6 Å². The van der Waals surface area contributed by atoms with E-state index in [1.807, 2.05) is 4.90 Å². The third-order valence-electron chi connectivity index (χ3n) is 7.03. The monoisotopic (exact) mass is 417 g/mol. The highest BCUT2D eigenvalue weighted by atomic mass is 19.4. The number of fused-ring (bicyclic) bond motifs is 3. The molecule has 4 atom stereocenters. The minimum atomic E-state index is -4.18. The summed E-state index contributed by atoms with van der Waals surface area (Å²) < 4.78 is 37.7. The molecule has 4 fully saturated rings. The molecule has 3 N–H and O–H groups in total. The summed E-state index contributed by atoms with van der Waals surface area (Å²) in [5.74, 6) is -0.0294. The Morgan fingerprint density at radius 2 is 1.83 bits per heavy atom. The zero-order valence-electron chi connectivity index (χ0n) is 16.7. The van der Waals surface area contributed by atoms with Crippen molar-refractivity contribution in [2.24, 2.45) is 17.8 Å². The molecule has 0 spiro atoms. The fourth-order valence-electron chi connectivity index (χ4n) is 5.86. The molecule has 0 bridgehead atoms. The molecule has 4 rings (SSSR count). The zero-order valence-corrected chi connectivity index (χ0v) is 16.7. The summed E-state index contributed by atoms with van der Waals surface area (Å²) in [4.78, 5) is 28.5. The van der Waals surface area contributed by atoms with Crippen LogP contribution in [0.3, 0.4) is 0 Å². The maximum Gasteiger partial charge on any atom is 0.401 e. The predicted molar refractivity (Wildman–Crippen MR) is 99.9 cm³/mol. The molecule has 7 nitrogen and oxygen atoms in total. The van der Waals surface area contributed by atoms with Crippen LogP contribution in [0.2, 0.25) is 0 Å². The van der Waals surface area contributed by atoms with Crippen LogP contribution < -0.4 is 16.0 Å². The molecule has 4 unspecified atom stereocenters. The summed E-state index contributed by atoms with van der Waals surface area (Å²) in [6, 6.07) is -0.368. The van der Waals surface area contributed by atoms with Crippen molar-refractivity contribution in [3.05, 3.63) is 0 Å². The molecule has 1 saturated carbocycles. The molecule has 29 heavy (non-hydrogen) atoms. The van der Waals surface area contributed by atoms with Gasteiger partial charge in [0.05, 0.1) is 24.7 Å². The number of hydrogen-bond donors (Lipinski definition) is 3. The Hall–Kier alpha value is -1.39. The first-order valence-electron chi connectivity index (χ1n) is 10.6. The summed E-state index contributed by atoms with van der Waals surface area (Å²) in [5.41, 5.74) is 0. The Labute approximate surface area is 168 Å². The molecule has 3 saturated heterocycles. The van der Waals surface area contributed by atoms with Crippen LogP contribution in [0.1, 0.15) is 32.1 Å². The van der Waals surface area contributed by atoms with Gasteiger partial charge in [-0.25, -0.2) is 4.79 Å². The molecule has 3 amide bonds. The van der Waals surface area contributed by atoms with Crippen molar-refractivity contribution in [2.45, 2.75) is 56.5 Å². The molecule has 0 radical (unpaired) electrons. The SMILES string of the molecule is CN(CC1CCC(N2C(=O)NC(=O)C3CNC4NCCC4C32)CC1)CC(F)(F)F. The minimum absolute atomic E-state index is 0.0409. The van der Waals surface area contributed by atoms with Gasteiger partial charge in [0.2, 0.25) is 5.91 Å². The molecule has 164 valence electrons. The highest BCUT2D eigenvalue weighted by Gasteiger charge is 2.53. The van der Waals surface area contributed by atoms with Crippen molar-refractivity contribution in [1.82, 2.24) is 25.8 Å². The number of amides is 3. The zero-order chi connectivity index (χ0) is 20.8. The quantitative estimate of drug-likeness (QED) is 0.639. The van der Waals surface area contributed by atoms with Gasteiger partial charge in [-0.1, -0.05) is 0 Å². The average molecular weight is 417 g/mol. The van der Waals surface area contributed by atoms with Crippen molar-refractivity contribution in [2.75, 3.05) is 33.2 Å². The van der Waals surface area contributed by atoms with Crippen LogP contribution in [0.15, 0.2) is 0 Å². The number of halogens is 3. The molecular formula is C19H30F3N5O2. The van der Waals surface area contributed by atoms with Crippen LogP contribution in [0.4, 0.5) is 18.0 Å². The minimum Gasteiger partial charge on any atom is -0.317 e. The number of nitrogens with zero attached hydrogens (tertiary/aromatic N) is 2. The number of piperidine rings is 1. The van der Waals surface area contributed by atoms with E-state index < -0.39 is 12.7 Å². The molecule has 0 aromatic carbocycles. The second kappa shape index (κ2) is 8.03. The Morgan fingerprint density at radius 1 is 1.10 bits per heavy atom. The number of urea groups is 1. The van der Waals surface area contributed by atoms with Gasteiger partial charge in [0.1, 0.15) is 0 Å². The van der Waals surface area contributed by atoms with Crippen molar-refractivity contribution >= 4 is 11.9 Å². The van der Waals surface area contributed by atoms with E-state index >= 15 is 0 Å². The van der Waals surface area contributed by atoms with Gasteiger partial charge in [-0.2, -0.15) is 13.2 Å². The van der Waals surface area contributed by atoms with Gasteiger partial charge >= 0.3 is 12.2 Å². The molecule has 0 aromatic heterocycles. The summed E-state index contributed by atoms with van der Waals surface area (Å²) in [5, 5.41) is 9.33. The summed E-state index contributed by atoms with van der Waals surface area (Å²) >= 11 is 0. The lowest BCUT2D eigenvalue weighted by Gasteiger charge is -2.52. The van der Waals surface area contributed by atoms with Gasteiger partial charge in [-0.15, -0.1) is 0 Å². The Kier molecular flexibility index (Phi) is 5.78. The molecule has 4 aliphatic rings. The topological polar surface area (TPSA) is 76.7 Å². The molecule has 3 aliphatic heterocycles. The second-order valence-electron chi connectivity index (χ2n) is 9.08. The van der Waals surface area contributed by atoms with E-state index in [2.05, 4.69) is 16.0 Å². The Bertz CT molecular complexity index is 638. The highest BCUT2D eigenvalue weighted by molar-refractivity contribution is 5.99. The summed E-state index contributed by atoms with van der Waals surface area (Å²) in [6.07, 6.45) is 0.0125. The fourth-order valence-corrected chi connectivity index (χ4v) is 5.86. The first-order chi connectivity index (χ1) is 13.7. The standard InChI is InChI=1S/C19H30F3N5O2/c1-26(10-19(20,21)22)9-11-2-4-12(5-3-11)27-15-13-6-7-23-16(13)24-8-14(15)17(28)25-18(27)29/h11-16,23-24H,2-10H2,1H3,(H,25,28,29). The smallest absolute Gasteiger partial charge is 0.317 e. The third-order valence-corrected chi connectivity index (χ3v) is 7.03. The first kappa shape index (κ1) is 20.9. The highest BCUT2D eigenvalue weighted by Crippen LogP contribution is 2.38. The van der Waals surface area contributed by atoms with Crippen molar-refractivity contribution in [3.63, 3.8) is 0 Å². The van der Waals surface area contributed by atoms with Crippen LogP contribution in [0, 0.1) is 17.8 Å². The predicted octanol–water partition coefficient (Wildman–Crippen LogP) is 1.11. The number of alkyl halides is 3. The van der Waals surface area contributed by atoms with Gasteiger partial charge < -0.3 is 15.5 Å². The van der Waals surface area contributed by atoms with Gasteiger partial charge in [0.15, 0.2) is 0 Å². The van der Waals surface area contributed by atoms with E-state index in [1.54, 1.807) is 0 Å². The molecule has 0 aromatic rings. The second-order valence-corrected chi connectivity index (χ2v) is 9.08. The lowest BCUT2D eigenvalue weighted by Crippen LogP contribution is -2.71. The van der Waals surface area contributed by atoms with E-state index in [9.17, 15) is 22.8 Å². The van der Waals surface area contributed by atoms with Crippen LogP contribution in [-0.4, -0.2) is 79.4 Å². The molecule has 3 heterocycles. The number of rotatable bonds is 4. The van der Waals surface area contributed by atoms with Crippen LogP contribution in [0.25, 0.3) is 0 Å². The number of carbonyl (C=O) groups excluding carboxylic acids is 2. The molecular weight excluding hydrogens is 387 g/mol. The summed E-state index contributed by atoms with van der Waals surface area (Å²) in [6.45, 7) is 0.942. The van der Waals surface area contributed by atoms with E-state index in [-0.39, 0.29) is 47.9 Å². The normalized spacial score (nSPS) is 38.0. The number of hydrogen-bond acceptors (Lipinski definition) is 5. The summed E-state index contributed by atoms with van der Waals surface area (Å²) in [7, 11) is 1.51. The lowest BCUT2D eigenvalue weighted by atomic mass is 9.77. The average Bonchev–Trinajstić information content (AvgIpc) is 3.10. The Morgan fingerprint density at radius 3 is 2.52 bits per heavy atom.